The predicted octanol–water partition coefficient (Wildman–Crippen LogP) is 2.42. The van der Waals surface area contributed by atoms with Gasteiger partial charge in [0.05, 0.1) is 11.3 Å². The summed E-state index contributed by atoms with van der Waals surface area (Å²) < 4.78 is 3.91. The number of carbonyl (C=O) groups is 2. The molecule has 1 heterocycles. The standard InChI is InChI=1S/C13H12N2O4S/c1-6-3-4-9(16)8(5-6)11(17)14-12-10(13(18)19)7(2)15-20-12/h3-5,16H,1-2H3,(H,14,17)(H,18,19). The Hall–Kier alpha value is -2.41. The Morgan fingerprint density at radius 1 is 1.30 bits per heavy atom. The molecule has 20 heavy (non-hydrogen) atoms. The topological polar surface area (TPSA) is 99.5 Å². The molecular weight excluding hydrogens is 280 g/mol. The largest absolute Gasteiger partial charge is 0.507 e. The number of carbonyl (C=O) groups excluding carboxylic acids is 1. The van der Waals surface area contributed by atoms with Crippen molar-refractivity contribution in [2.45, 2.75) is 13.8 Å². The molecule has 0 aliphatic heterocycles. The van der Waals surface area contributed by atoms with Gasteiger partial charge in [-0.25, -0.2) is 4.79 Å². The number of hydrogen-bond acceptors (Lipinski definition) is 5. The predicted molar refractivity (Wildman–Crippen MR) is 74.6 cm³/mol. The third kappa shape index (κ3) is 2.62. The van der Waals surface area contributed by atoms with Crippen molar-refractivity contribution < 1.29 is 19.8 Å². The van der Waals surface area contributed by atoms with Crippen molar-refractivity contribution in [3.63, 3.8) is 0 Å². The molecule has 6 nitrogen and oxygen atoms in total. The fourth-order valence-electron chi connectivity index (χ4n) is 1.71. The maximum atomic E-state index is 12.1. The van der Waals surface area contributed by atoms with E-state index in [0.29, 0.717) is 5.69 Å². The Morgan fingerprint density at radius 3 is 2.65 bits per heavy atom. The number of amides is 1. The Balaban J connectivity index is 2.33. The molecule has 0 unspecified atom stereocenters. The van der Waals surface area contributed by atoms with E-state index in [0.717, 1.165) is 17.1 Å². The van der Waals surface area contributed by atoms with Gasteiger partial charge in [0.2, 0.25) is 0 Å². The van der Waals surface area contributed by atoms with Crippen molar-refractivity contribution in [2.75, 3.05) is 5.32 Å². The van der Waals surface area contributed by atoms with E-state index < -0.39 is 11.9 Å². The van der Waals surface area contributed by atoms with E-state index in [1.165, 1.54) is 12.1 Å². The van der Waals surface area contributed by atoms with Gasteiger partial charge in [-0.15, -0.1) is 0 Å². The molecule has 0 saturated heterocycles. The van der Waals surface area contributed by atoms with Gasteiger partial charge < -0.3 is 15.5 Å². The Labute approximate surface area is 118 Å². The highest BCUT2D eigenvalue weighted by molar-refractivity contribution is 7.11. The second kappa shape index (κ2) is 5.30. The lowest BCUT2D eigenvalue weighted by Crippen LogP contribution is -2.14. The summed E-state index contributed by atoms with van der Waals surface area (Å²) in [4.78, 5) is 23.2. The van der Waals surface area contributed by atoms with Gasteiger partial charge in [0.1, 0.15) is 16.3 Å². The first-order valence-electron chi connectivity index (χ1n) is 5.70. The highest BCUT2D eigenvalue weighted by Gasteiger charge is 2.20. The van der Waals surface area contributed by atoms with Crippen LogP contribution in [0, 0.1) is 13.8 Å². The van der Waals surface area contributed by atoms with Crippen molar-refractivity contribution in [1.29, 1.82) is 0 Å². The molecule has 0 saturated carbocycles. The van der Waals surface area contributed by atoms with E-state index in [4.69, 9.17) is 5.11 Å². The Kier molecular flexibility index (Phi) is 3.71. The van der Waals surface area contributed by atoms with Gasteiger partial charge in [-0.3, -0.25) is 4.79 Å². The number of carboxylic acids is 1. The first-order valence-corrected chi connectivity index (χ1v) is 6.48. The van der Waals surface area contributed by atoms with Crippen molar-refractivity contribution in [2.24, 2.45) is 0 Å². The fraction of sp³-hybridized carbons (Fsp3) is 0.154. The molecular formula is C13H12N2O4S. The molecule has 1 amide bonds. The molecule has 2 aromatic rings. The zero-order valence-corrected chi connectivity index (χ0v) is 11.6. The quantitative estimate of drug-likeness (QED) is 0.806. The number of phenolic OH excluding ortho intramolecular Hbond substituents is 1. The fourth-order valence-corrected chi connectivity index (χ4v) is 2.49. The number of rotatable bonds is 3. The van der Waals surface area contributed by atoms with E-state index in [9.17, 15) is 14.7 Å². The van der Waals surface area contributed by atoms with Crippen molar-refractivity contribution >= 4 is 28.4 Å². The average Bonchev–Trinajstić information content (AvgIpc) is 2.73. The molecule has 1 aromatic carbocycles. The normalized spacial score (nSPS) is 10.3. The van der Waals surface area contributed by atoms with Crippen LogP contribution in [0.25, 0.3) is 0 Å². The minimum atomic E-state index is -1.15. The molecule has 1 aromatic heterocycles. The minimum absolute atomic E-state index is 0.0320. The number of aryl methyl sites for hydroxylation is 2. The minimum Gasteiger partial charge on any atom is -0.507 e. The van der Waals surface area contributed by atoms with Gasteiger partial charge >= 0.3 is 5.97 Å². The number of phenols is 1. The van der Waals surface area contributed by atoms with Crippen LogP contribution in [0.2, 0.25) is 0 Å². The maximum absolute atomic E-state index is 12.1. The summed E-state index contributed by atoms with van der Waals surface area (Å²) in [7, 11) is 0. The zero-order chi connectivity index (χ0) is 14.9. The maximum Gasteiger partial charge on any atom is 0.340 e. The molecule has 0 radical (unpaired) electrons. The monoisotopic (exact) mass is 292 g/mol. The summed E-state index contributed by atoms with van der Waals surface area (Å²) in [6.07, 6.45) is 0. The third-order valence-corrected chi connectivity index (χ3v) is 3.55. The van der Waals surface area contributed by atoms with Gasteiger partial charge in [-0.1, -0.05) is 11.6 Å². The summed E-state index contributed by atoms with van der Waals surface area (Å²) in [5.74, 6) is -1.89. The van der Waals surface area contributed by atoms with Gasteiger partial charge in [-0.2, -0.15) is 4.37 Å². The van der Waals surface area contributed by atoms with Crippen LogP contribution in [0.3, 0.4) is 0 Å². The van der Waals surface area contributed by atoms with Crippen LogP contribution in [0.5, 0.6) is 5.75 Å². The molecule has 0 atom stereocenters. The summed E-state index contributed by atoms with van der Waals surface area (Å²) in [6, 6.07) is 4.62. The lowest BCUT2D eigenvalue weighted by Gasteiger charge is -2.06. The number of benzene rings is 1. The first kappa shape index (κ1) is 14.0. The Bertz CT molecular complexity index is 694. The number of aromatic hydroxyl groups is 1. The van der Waals surface area contributed by atoms with E-state index >= 15 is 0 Å². The molecule has 0 aliphatic rings. The summed E-state index contributed by atoms with van der Waals surface area (Å²) in [5.41, 5.74) is 1.21. The number of nitrogens with zero attached hydrogens (tertiary/aromatic N) is 1. The van der Waals surface area contributed by atoms with E-state index in [1.54, 1.807) is 19.9 Å². The summed E-state index contributed by atoms with van der Waals surface area (Å²) in [6.45, 7) is 3.34. The number of aromatic carboxylic acids is 1. The Morgan fingerprint density at radius 2 is 2.00 bits per heavy atom. The number of nitrogens with one attached hydrogen (secondary N) is 1. The second-order valence-corrected chi connectivity index (χ2v) is 5.03. The van der Waals surface area contributed by atoms with Crippen molar-refractivity contribution in [3.05, 3.63) is 40.6 Å². The number of anilines is 1. The van der Waals surface area contributed by atoms with Crippen LogP contribution in [0.4, 0.5) is 5.00 Å². The third-order valence-electron chi connectivity index (χ3n) is 2.70. The molecule has 7 heteroatoms. The first-order chi connectivity index (χ1) is 9.40. The molecule has 0 fully saturated rings. The summed E-state index contributed by atoms with van der Waals surface area (Å²) in [5, 5.41) is 21.4. The van der Waals surface area contributed by atoms with Gasteiger partial charge in [-0.05, 0) is 37.5 Å². The lowest BCUT2D eigenvalue weighted by atomic mass is 10.1. The van der Waals surface area contributed by atoms with Crippen LogP contribution in [-0.2, 0) is 0 Å². The van der Waals surface area contributed by atoms with E-state index in [-0.39, 0.29) is 21.9 Å². The number of aromatic nitrogens is 1. The van der Waals surface area contributed by atoms with Crippen LogP contribution in [0.15, 0.2) is 18.2 Å². The van der Waals surface area contributed by atoms with Gasteiger partial charge in [0, 0.05) is 0 Å². The van der Waals surface area contributed by atoms with E-state index in [2.05, 4.69) is 9.69 Å². The SMILES string of the molecule is Cc1ccc(O)c(C(=O)Nc2snc(C)c2C(=O)O)c1. The smallest absolute Gasteiger partial charge is 0.340 e. The van der Waals surface area contributed by atoms with Crippen molar-refractivity contribution in [3.8, 4) is 5.75 Å². The van der Waals surface area contributed by atoms with E-state index in [1.807, 2.05) is 0 Å². The van der Waals surface area contributed by atoms with Crippen LogP contribution in [-0.4, -0.2) is 26.5 Å². The molecule has 0 bridgehead atoms. The highest BCUT2D eigenvalue weighted by Crippen LogP contribution is 2.26. The van der Waals surface area contributed by atoms with Gasteiger partial charge in [0.25, 0.3) is 5.91 Å². The molecule has 0 aliphatic carbocycles. The second-order valence-electron chi connectivity index (χ2n) is 4.25. The average molecular weight is 292 g/mol. The molecule has 0 spiro atoms. The highest BCUT2D eigenvalue weighted by atomic mass is 32.1. The molecule has 3 N–H and O–H groups in total. The van der Waals surface area contributed by atoms with Gasteiger partial charge in [0.15, 0.2) is 0 Å². The summed E-state index contributed by atoms with van der Waals surface area (Å²) >= 11 is 0.893. The van der Waals surface area contributed by atoms with Crippen LogP contribution < -0.4 is 5.32 Å². The molecule has 104 valence electrons. The van der Waals surface area contributed by atoms with Crippen molar-refractivity contribution in [1.82, 2.24) is 4.37 Å². The number of hydrogen-bond donors (Lipinski definition) is 3. The number of carboxylic acid groups (broad SMARTS) is 1. The van der Waals surface area contributed by atoms with Crippen LogP contribution >= 0.6 is 11.5 Å². The van der Waals surface area contributed by atoms with Crippen LogP contribution in [0.1, 0.15) is 32.0 Å². The zero-order valence-electron chi connectivity index (χ0n) is 10.8. The lowest BCUT2D eigenvalue weighted by molar-refractivity contribution is 0.0697. The molecule has 2 rings (SSSR count).